The third kappa shape index (κ3) is 4.12. The molecule has 3 rings (SSSR count). The van der Waals surface area contributed by atoms with Crippen LogP contribution in [0.5, 0.6) is 23.0 Å². The van der Waals surface area contributed by atoms with Crippen LogP contribution < -0.4 is 23.7 Å². The van der Waals surface area contributed by atoms with Gasteiger partial charge in [0.25, 0.3) is 5.91 Å². The van der Waals surface area contributed by atoms with Gasteiger partial charge in [-0.1, -0.05) is 6.07 Å². The van der Waals surface area contributed by atoms with E-state index >= 15 is 0 Å². The average Bonchev–Trinajstić information content (AvgIpc) is 3.12. The summed E-state index contributed by atoms with van der Waals surface area (Å²) in [6.45, 7) is 0. The van der Waals surface area contributed by atoms with Gasteiger partial charge in [0.1, 0.15) is 5.75 Å². The lowest BCUT2D eigenvalue weighted by molar-refractivity contribution is 0.0997. The molecule has 0 N–H and O–H groups in total. The maximum Gasteiger partial charge on any atom is 0.279 e. The Balaban J connectivity index is 2.03. The Hall–Kier alpha value is -3.26. The van der Waals surface area contributed by atoms with Crippen LogP contribution in [0, 0.1) is 0 Å². The van der Waals surface area contributed by atoms with Gasteiger partial charge < -0.3 is 23.5 Å². The zero-order valence-electron chi connectivity index (χ0n) is 16.9. The summed E-state index contributed by atoms with van der Waals surface area (Å²) in [7, 11) is 8.12. The molecule has 152 valence electrons. The quantitative estimate of drug-likeness (QED) is 0.617. The van der Waals surface area contributed by atoms with Crippen molar-refractivity contribution in [2.24, 2.45) is 12.0 Å². The molecule has 1 heterocycles. The van der Waals surface area contributed by atoms with Crippen molar-refractivity contribution >= 4 is 17.2 Å². The minimum Gasteiger partial charge on any atom is -0.497 e. The number of ether oxygens (including phenoxy) is 4. The lowest BCUT2D eigenvalue weighted by Crippen LogP contribution is -2.14. The number of amides is 1. The Morgan fingerprint density at radius 2 is 1.66 bits per heavy atom. The smallest absolute Gasteiger partial charge is 0.279 e. The van der Waals surface area contributed by atoms with E-state index < -0.39 is 0 Å². The molecule has 1 amide bonds. The van der Waals surface area contributed by atoms with Crippen LogP contribution in [0.4, 0.5) is 0 Å². The predicted molar refractivity (Wildman–Crippen MR) is 111 cm³/mol. The lowest BCUT2D eigenvalue weighted by atomic mass is 10.1. The molecule has 3 aromatic rings. The minimum atomic E-state index is -0.335. The Morgan fingerprint density at radius 1 is 0.966 bits per heavy atom. The van der Waals surface area contributed by atoms with Crippen molar-refractivity contribution in [3.05, 3.63) is 52.1 Å². The highest BCUT2D eigenvalue weighted by Gasteiger charge is 2.16. The number of carbonyl (C=O) groups excluding carboxylic acids is 1. The van der Waals surface area contributed by atoms with Gasteiger partial charge in [-0.05, 0) is 30.3 Å². The molecule has 0 saturated carbocycles. The van der Waals surface area contributed by atoms with Crippen molar-refractivity contribution in [2.45, 2.75) is 0 Å². The molecule has 0 unspecified atom stereocenters. The summed E-state index contributed by atoms with van der Waals surface area (Å²) in [5, 5.41) is 1.93. The van der Waals surface area contributed by atoms with Crippen LogP contribution in [-0.2, 0) is 7.05 Å². The van der Waals surface area contributed by atoms with Crippen LogP contribution in [0.1, 0.15) is 10.4 Å². The fourth-order valence-electron chi connectivity index (χ4n) is 2.87. The second-order valence-corrected chi connectivity index (χ2v) is 6.86. The first-order valence-electron chi connectivity index (χ1n) is 8.70. The molecule has 0 aliphatic heterocycles. The van der Waals surface area contributed by atoms with E-state index in [0.29, 0.717) is 33.4 Å². The van der Waals surface area contributed by atoms with Gasteiger partial charge in [0.15, 0.2) is 16.3 Å². The Labute approximate surface area is 172 Å². The monoisotopic (exact) mass is 414 g/mol. The van der Waals surface area contributed by atoms with Crippen molar-refractivity contribution in [1.82, 2.24) is 4.57 Å². The molecule has 0 bridgehead atoms. The van der Waals surface area contributed by atoms with E-state index in [1.165, 1.54) is 11.3 Å². The van der Waals surface area contributed by atoms with Crippen molar-refractivity contribution in [1.29, 1.82) is 0 Å². The summed E-state index contributed by atoms with van der Waals surface area (Å²) in [5.41, 5.74) is 2.19. The van der Waals surface area contributed by atoms with Gasteiger partial charge in [0, 0.05) is 23.6 Å². The zero-order valence-corrected chi connectivity index (χ0v) is 17.7. The van der Waals surface area contributed by atoms with E-state index in [1.807, 2.05) is 29.1 Å². The highest BCUT2D eigenvalue weighted by Crippen LogP contribution is 2.41. The summed E-state index contributed by atoms with van der Waals surface area (Å²) in [6.07, 6.45) is 0. The van der Waals surface area contributed by atoms with E-state index in [0.717, 1.165) is 11.3 Å². The first kappa shape index (κ1) is 20.5. The van der Waals surface area contributed by atoms with Gasteiger partial charge in [-0.25, -0.2) is 0 Å². The number of nitrogens with zero attached hydrogens (tertiary/aromatic N) is 2. The van der Waals surface area contributed by atoms with Crippen LogP contribution in [0.3, 0.4) is 0 Å². The minimum absolute atomic E-state index is 0.335. The third-order valence-corrected chi connectivity index (χ3v) is 5.32. The maximum atomic E-state index is 12.6. The van der Waals surface area contributed by atoms with E-state index in [-0.39, 0.29) is 5.91 Å². The molecule has 0 aliphatic rings. The highest BCUT2D eigenvalue weighted by molar-refractivity contribution is 7.07. The summed E-state index contributed by atoms with van der Waals surface area (Å²) >= 11 is 1.37. The van der Waals surface area contributed by atoms with Crippen LogP contribution in [0.25, 0.3) is 11.3 Å². The van der Waals surface area contributed by atoms with Crippen molar-refractivity contribution in [3.8, 4) is 34.3 Å². The molecule has 1 aromatic heterocycles. The molecule has 0 aliphatic carbocycles. The Kier molecular flexibility index (Phi) is 6.23. The predicted octanol–water partition coefficient (Wildman–Crippen LogP) is 3.53. The molecule has 2 aromatic carbocycles. The number of hydrogen-bond donors (Lipinski definition) is 0. The zero-order chi connectivity index (χ0) is 21.0. The number of benzene rings is 2. The van der Waals surface area contributed by atoms with E-state index in [2.05, 4.69) is 4.99 Å². The molecule has 0 spiro atoms. The molecule has 0 fully saturated rings. The number of rotatable bonds is 6. The second kappa shape index (κ2) is 8.83. The third-order valence-electron chi connectivity index (χ3n) is 4.40. The summed E-state index contributed by atoms with van der Waals surface area (Å²) in [6, 6.07) is 10.6. The Morgan fingerprint density at radius 3 is 2.24 bits per heavy atom. The highest BCUT2D eigenvalue weighted by atomic mass is 32.1. The van der Waals surface area contributed by atoms with E-state index in [4.69, 9.17) is 18.9 Å². The number of carbonyl (C=O) groups is 1. The van der Waals surface area contributed by atoms with E-state index in [9.17, 15) is 4.79 Å². The molecular weight excluding hydrogens is 392 g/mol. The maximum absolute atomic E-state index is 12.6. The SMILES string of the molecule is COc1cccc(C(=O)N=c2scc(-c3cc(OC)c(OC)c(OC)c3)n2C)c1. The molecule has 29 heavy (non-hydrogen) atoms. The number of aromatic nitrogens is 1. The molecule has 0 saturated heterocycles. The van der Waals surface area contributed by atoms with Crippen LogP contribution in [-0.4, -0.2) is 38.9 Å². The van der Waals surface area contributed by atoms with Gasteiger partial charge in [-0.15, -0.1) is 11.3 Å². The van der Waals surface area contributed by atoms with Gasteiger partial charge in [-0.3, -0.25) is 4.79 Å². The van der Waals surface area contributed by atoms with Crippen LogP contribution in [0.2, 0.25) is 0 Å². The standard InChI is InChI=1S/C21H22N2O5S/c1-23-16(14-10-17(26-3)19(28-5)18(11-14)27-4)12-29-21(23)22-20(24)13-7-6-8-15(9-13)25-2/h6-12H,1-5H3. The fourth-order valence-corrected chi connectivity index (χ4v) is 3.77. The molecular formula is C21H22N2O5S. The summed E-state index contributed by atoms with van der Waals surface area (Å²) < 4.78 is 23.3. The normalized spacial score (nSPS) is 11.3. The first-order chi connectivity index (χ1) is 14.0. The molecule has 0 atom stereocenters. The van der Waals surface area contributed by atoms with Gasteiger partial charge in [0.05, 0.1) is 34.1 Å². The Bertz CT molecular complexity index is 1080. The van der Waals surface area contributed by atoms with Crippen LogP contribution >= 0.6 is 11.3 Å². The first-order valence-corrected chi connectivity index (χ1v) is 9.58. The second-order valence-electron chi connectivity index (χ2n) is 6.03. The van der Waals surface area contributed by atoms with Crippen molar-refractivity contribution in [2.75, 3.05) is 28.4 Å². The van der Waals surface area contributed by atoms with Crippen molar-refractivity contribution in [3.63, 3.8) is 0 Å². The van der Waals surface area contributed by atoms with Crippen molar-refractivity contribution < 1.29 is 23.7 Å². The summed E-state index contributed by atoms with van der Waals surface area (Å²) in [5.74, 6) is 1.91. The van der Waals surface area contributed by atoms with Gasteiger partial charge in [-0.2, -0.15) is 4.99 Å². The average molecular weight is 414 g/mol. The number of thiazole rings is 1. The number of hydrogen-bond acceptors (Lipinski definition) is 6. The fraction of sp³-hybridized carbons (Fsp3) is 0.238. The molecule has 0 radical (unpaired) electrons. The van der Waals surface area contributed by atoms with Gasteiger partial charge >= 0.3 is 0 Å². The van der Waals surface area contributed by atoms with E-state index in [1.54, 1.807) is 52.7 Å². The lowest BCUT2D eigenvalue weighted by Gasteiger charge is -2.14. The summed E-state index contributed by atoms with van der Waals surface area (Å²) in [4.78, 5) is 17.4. The van der Waals surface area contributed by atoms with Crippen LogP contribution in [0.15, 0.2) is 46.8 Å². The largest absolute Gasteiger partial charge is 0.497 e. The number of methoxy groups -OCH3 is 4. The molecule has 8 heteroatoms. The topological polar surface area (TPSA) is 71.3 Å². The molecule has 7 nitrogen and oxygen atoms in total. The van der Waals surface area contributed by atoms with Gasteiger partial charge in [0.2, 0.25) is 5.75 Å².